The zero-order valence-corrected chi connectivity index (χ0v) is 13.8. The zero-order valence-electron chi connectivity index (χ0n) is 13.8. The van der Waals surface area contributed by atoms with Crippen molar-refractivity contribution < 1.29 is 24.9 Å². The first-order valence-corrected chi connectivity index (χ1v) is 7.62. The number of azo groups is 1. The topological polar surface area (TPSA) is 169 Å². The zero-order chi connectivity index (χ0) is 20.4. The number of non-ortho nitro benzene ring substituents is 1. The monoisotopic (exact) mass is 382 g/mol. The number of aromatic carboxylic acids is 1. The van der Waals surface area contributed by atoms with Gasteiger partial charge in [-0.3, -0.25) is 20.2 Å². The Balaban J connectivity index is 2.41. The van der Waals surface area contributed by atoms with Crippen LogP contribution in [0.2, 0.25) is 0 Å². The van der Waals surface area contributed by atoms with E-state index in [-0.39, 0.29) is 16.5 Å². The first-order valence-electron chi connectivity index (χ1n) is 7.62. The normalized spacial score (nSPS) is 11.0. The number of rotatable bonds is 5. The summed E-state index contributed by atoms with van der Waals surface area (Å²) in [6.07, 6.45) is 0. The summed E-state index contributed by atoms with van der Waals surface area (Å²) in [5.41, 5.74) is -2.52. The van der Waals surface area contributed by atoms with Gasteiger partial charge in [0.05, 0.1) is 15.5 Å². The van der Waals surface area contributed by atoms with Gasteiger partial charge >= 0.3 is 11.7 Å². The lowest BCUT2D eigenvalue weighted by molar-refractivity contribution is -0.385. The van der Waals surface area contributed by atoms with Crippen molar-refractivity contribution in [2.24, 2.45) is 10.2 Å². The molecule has 28 heavy (non-hydrogen) atoms. The lowest BCUT2D eigenvalue weighted by atomic mass is 9.99. The summed E-state index contributed by atoms with van der Waals surface area (Å²) in [6.45, 7) is 0. The SMILES string of the molecule is O=C(O)c1c(N=Nc2ccccc2)c([N+](=O)[O-])c(O)c2ccc([N+](=O)[O-])cc12. The van der Waals surface area contributed by atoms with Gasteiger partial charge in [-0.1, -0.05) is 18.2 Å². The average molecular weight is 382 g/mol. The number of phenolic OH excluding ortho intramolecular Hbond substituents is 1. The number of nitro benzene ring substituents is 2. The van der Waals surface area contributed by atoms with Crippen molar-refractivity contribution in [1.82, 2.24) is 0 Å². The van der Waals surface area contributed by atoms with Gasteiger partial charge in [-0.15, -0.1) is 5.11 Å². The summed E-state index contributed by atoms with van der Waals surface area (Å²) in [5.74, 6) is -2.47. The molecule has 0 saturated carbocycles. The molecule has 11 heteroatoms. The third-order valence-electron chi connectivity index (χ3n) is 3.84. The van der Waals surface area contributed by atoms with Gasteiger partial charge in [-0.25, -0.2) is 4.79 Å². The van der Waals surface area contributed by atoms with Gasteiger partial charge in [0.1, 0.15) is 5.56 Å². The number of benzene rings is 3. The number of carboxylic acids is 1. The second-order valence-electron chi connectivity index (χ2n) is 5.51. The lowest BCUT2D eigenvalue weighted by Gasteiger charge is -2.09. The van der Waals surface area contributed by atoms with E-state index in [9.17, 15) is 35.2 Å². The van der Waals surface area contributed by atoms with E-state index in [1.54, 1.807) is 18.2 Å². The minimum atomic E-state index is -1.62. The molecule has 0 fully saturated rings. The number of carboxylic acid groups (broad SMARTS) is 1. The summed E-state index contributed by atoms with van der Waals surface area (Å²) >= 11 is 0. The molecule has 0 unspecified atom stereocenters. The van der Waals surface area contributed by atoms with Crippen LogP contribution in [0, 0.1) is 20.2 Å². The fourth-order valence-corrected chi connectivity index (χ4v) is 2.63. The van der Waals surface area contributed by atoms with Crippen molar-refractivity contribution in [2.75, 3.05) is 0 Å². The Kier molecular flexibility index (Phi) is 4.64. The lowest BCUT2D eigenvalue weighted by Crippen LogP contribution is -2.02. The van der Waals surface area contributed by atoms with Crippen LogP contribution >= 0.6 is 0 Å². The Bertz CT molecular complexity index is 1160. The third-order valence-corrected chi connectivity index (χ3v) is 3.84. The van der Waals surface area contributed by atoms with Crippen LogP contribution in [0.25, 0.3) is 10.8 Å². The van der Waals surface area contributed by atoms with Crippen LogP contribution in [0.4, 0.5) is 22.7 Å². The molecule has 2 N–H and O–H groups in total. The van der Waals surface area contributed by atoms with Crippen LogP contribution < -0.4 is 0 Å². The molecule has 0 heterocycles. The summed E-state index contributed by atoms with van der Waals surface area (Å²) in [6, 6.07) is 11.0. The molecule has 11 nitrogen and oxygen atoms in total. The molecule has 0 saturated heterocycles. The highest BCUT2D eigenvalue weighted by atomic mass is 16.6. The molecule has 0 bridgehead atoms. The molecule has 0 spiro atoms. The highest BCUT2D eigenvalue weighted by Gasteiger charge is 2.32. The van der Waals surface area contributed by atoms with Gasteiger partial charge in [0.25, 0.3) is 5.69 Å². The van der Waals surface area contributed by atoms with E-state index in [2.05, 4.69) is 10.2 Å². The molecule has 0 aromatic heterocycles. The number of fused-ring (bicyclic) bond motifs is 1. The highest BCUT2D eigenvalue weighted by molar-refractivity contribution is 6.13. The molecular formula is C17H10N4O7. The van der Waals surface area contributed by atoms with Crippen LogP contribution in [-0.2, 0) is 0 Å². The summed E-state index contributed by atoms with van der Waals surface area (Å²) in [5, 5.41) is 49.4. The number of phenols is 1. The quantitative estimate of drug-likeness (QED) is 0.372. The van der Waals surface area contributed by atoms with E-state index < -0.39 is 44.2 Å². The van der Waals surface area contributed by atoms with Gasteiger partial charge in [-0.05, 0) is 18.2 Å². The fraction of sp³-hybridized carbons (Fsp3) is 0. The number of nitro groups is 2. The molecular weight excluding hydrogens is 372 g/mol. The standard InChI is InChI=1S/C17H10N4O7/c22-16-11-7-6-10(20(25)26)8-12(11)13(17(23)24)14(15(16)21(27)28)19-18-9-4-2-1-3-5-9/h1-8,22H,(H,23,24). The first-order chi connectivity index (χ1) is 13.3. The van der Waals surface area contributed by atoms with Crippen molar-refractivity contribution in [3.8, 4) is 5.75 Å². The van der Waals surface area contributed by atoms with Gasteiger partial charge in [0, 0.05) is 22.9 Å². The van der Waals surface area contributed by atoms with E-state index in [1.165, 1.54) is 12.1 Å². The molecule has 0 amide bonds. The smallest absolute Gasteiger partial charge is 0.339 e. The Hall–Kier alpha value is -4.41. The van der Waals surface area contributed by atoms with E-state index in [0.29, 0.717) is 0 Å². The van der Waals surface area contributed by atoms with E-state index in [1.807, 2.05) is 0 Å². The molecule has 0 atom stereocenters. The molecule has 3 rings (SSSR count). The number of aromatic hydroxyl groups is 1. The largest absolute Gasteiger partial charge is 0.502 e. The number of hydrogen-bond acceptors (Lipinski definition) is 8. The molecule has 0 aliphatic rings. The van der Waals surface area contributed by atoms with Gasteiger partial charge in [0.2, 0.25) is 5.75 Å². The van der Waals surface area contributed by atoms with Crippen molar-refractivity contribution in [1.29, 1.82) is 0 Å². The van der Waals surface area contributed by atoms with Gasteiger partial charge in [-0.2, -0.15) is 5.11 Å². The van der Waals surface area contributed by atoms with Crippen molar-refractivity contribution in [2.45, 2.75) is 0 Å². The minimum Gasteiger partial charge on any atom is -0.502 e. The summed E-state index contributed by atoms with van der Waals surface area (Å²) in [4.78, 5) is 32.6. The van der Waals surface area contributed by atoms with Gasteiger partial charge in [0.15, 0.2) is 5.69 Å². The van der Waals surface area contributed by atoms with Gasteiger partial charge < -0.3 is 10.2 Å². The number of hydrogen-bond donors (Lipinski definition) is 2. The predicted octanol–water partition coefficient (Wildman–Crippen LogP) is 4.48. The Morgan fingerprint density at radius 1 is 0.929 bits per heavy atom. The predicted molar refractivity (Wildman–Crippen MR) is 96.5 cm³/mol. The maximum absolute atomic E-state index is 11.8. The molecule has 0 radical (unpaired) electrons. The maximum Gasteiger partial charge on any atom is 0.339 e. The number of carbonyl (C=O) groups is 1. The van der Waals surface area contributed by atoms with Crippen LogP contribution in [-0.4, -0.2) is 26.0 Å². The van der Waals surface area contributed by atoms with Crippen molar-refractivity contribution in [3.05, 3.63) is 74.3 Å². The molecule has 3 aromatic rings. The van der Waals surface area contributed by atoms with Crippen LogP contribution in [0.15, 0.2) is 58.8 Å². The Morgan fingerprint density at radius 2 is 1.61 bits per heavy atom. The van der Waals surface area contributed by atoms with E-state index in [4.69, 9.17) is 0 Å². The molecule has 0 aliphatic carbocycles. The average Bonchev–Trinajstić information content (AvgIpc) is 2.66. The molecule has 3 aromatic carbocycles. The van der Waals surface area contributed by atoms with Crippen LogP contribution in [0.5, 0.6) is 5.75 Å². The maximum atomic E-state index is 11.8. The van der Waals surface area contributed by atoms with E-state index >= 15 is 0 Å². The molecule has 0 aliphatic heterocycles. The van der Waals surface area contributed by atoms with E-state index in [0.717, 1.165) is 18.2 Å². The van der Waals surface area contributed by atoms with Crippen molar-refractivity contribution >= 4 is 39.5 Å². The fourth-order valence-electron chi connectivity index (χ4n) is 2.63. The number of nitrogens with zero attached hydrogens (tertiary/aromatic N) is 4. The minimum absolute atomic E-state index is 0.228. The summed E-state index contributed by atoms with van der Waals surface area (Å²) in [7, 11) is 0. The highest BCUT2D eigenvalue weighted by Crippen LogP contribution is 2.47. The molecule has 140 valence electrons. The first kappa shape index (κ1) is 18.4. The van der Waals surface area contributed by atoms with Crippen molar-refractivity contribution in [3.63, 3.8) is 0 Å². The second-order valence-corrected chi connectivity index (χ2v) is 5.51. The Labute approximate surface area is 155 Å². The Morgan fingerprint density at radius 3 is 2.18 bits per heavy atom. The second kappa shape index (κ2) is 7.07. The summed E-state index contributed by atoms with van der Waals surface area (Å²) < 4.78 is 0. The third kappa shape index (κ3) is 3.19. The van der Waals surface area contributed by atoms with Crippen LogP contribution in [0.1, 0.15) is 10.4 Å². The van der Waals surface area contributed by atoms with Crippen LogP contribution in [0.3, 0.4) is 0 Å².